The summed E-state index contributed by atoms with van der Waals surface area (Å²) in [5.74, 6) is 0.729. The molecule has 0 aromatic heterocycles. The lowest BCUT2D eigenvalue weighted by Crippen LogP contribution is -2.47. The molecule has 1 heterocycles. The summed E-state index contributed by atoms with van der Waals surface area (Å²) in [5, 5.41) is 3.00. The summed E-state index contributed by atoms with van der Waals surface area (Å²) < 4.78 is 23.3. The van der Waals surface area contributed by atoms with E-state index in [0.29, 0.717) is 25.6 Å². The first-order chi connectivity index (χ1) is 10.9. The predicted molar refractivity (Wildman–Crippen MR) is 91.9 cm³/mol. The minimum atomic E-state index is -2.96. The summed E-state index contributed by atoms with van der Waals surface area (Å²) in [6.07, 6.45) is 0.932. The van der Waals surface area contributed by atoms with Gasteiger partial charge in [-0.25, -0.2) is 8.42 Å². The first-order valence-electron chi connectivity index (χ1n) is 8.16. The van der Waals surface area contributed by atoms with Crippen molar-refractivity contribution >= 4 is 15.7 Å². The molecule has 0 aliphatic carbocycles. The fourth-order valence-corrected chi connectivity index (χ4v) is 3.96. The van der Waals surface area contributed by atoms with Gasteiger partial charge in [-0.3, -0.25) is 9.69 Å². The Bertz CT molecular complexity index is 600. The van der Waals surface area contributed by atoms with Gasteiger partial charge in [0.1, 0.15) is 6.04 Å². The van der Waals surface area contributed by atoms with Crippen molar-refractivity contribution in [2.24, 2.45) is 5.92 Å². The minimum Gasteiger partial charge on any atom is -0.354 e. The van der Waals surface area contributed by atoms with Crippen molar-refractivity contribution in [2.45, 2.75) is 26.3 Å². The van der Waals surface area contributed by atoms with Gasteiger partial charge < -0.3 is 5.32 Å². The summed E-state index contributed by atoms with van der Waals surface area (Å²) in [5.41, 5.74) is 0.911. The summed E-state index contributed by atoms with van der Waals surface area (Å²) >= 11 is 0. The average Bonchev–Trinajstić information content (AvgIpc) is 2.50. The van der Waals surface area contributed by atoms with Crippen molar-refractivity contribution in [1.29, 1.82) is 0 Å². The molecule has 1 aliphatic rings. The molecule has 0 bridgehead atoms. The molecule has 128 valence electrons. The summed E-state index contributed by atoms with van der Waals surface area (Å²) in [6, 6.07) is 9.16. The number of benzene rings is 1. The zero-order valence-electron chi connectivity index (χ0n) is 13.9. The van der Waals surface area contributed by atoms with E-state index in [0.717, 1.165) is 12.0 Å². The first-order valence-corrected chi connectivity index (χ1v) is 9.98. The average molecular weight is 338 g/mol. The summed E-state index contributed by atoms with van der Waals surface area (Å²) in [7, 11) is -2.96. The van der Waals surface area contributed by atoms with Crippen molar-refractivity contribution in [1.82, 2.24) is 10.2 Å². The Morgan fingerprint density at radius 2 is 1.78 bits per heavy atom. The number of hydrogen-bond donors (Lipinski definition) is 1. The van der Waals surface area contributed by atoms with Crippen LogP contribution in [0.5, 0.6) is 0 Å². The van der Waals surface area contributed by atoms with Crippen LogP contribution < -0.4 is 5.32 Å². The molecule has 1 aliphatic heterocycles. The third kappa shape index (κ3) is 5.32. The second kappa shape index (κ2) is 7.93. The smallest absolute Gasteiger partial charge is 0.241 e. The summed E-state index contributed by atoms with van der Waals surface area (Å²) in [4.78, 5) is 14.7. The van der Waals surface area contributed by atoms with E-state index in [1.165, 1.54) is 0 Å². The second-order valence-electron chi connectivity index (χ2n) is 6.47. The topological polar surface area (TPSA) is 66.5 Å². The molecule has 0 saturated carbocycles. The third-order valence-electron chi connectivity index (χ3n) is 4.13. The zero-order chi connectivity index (χ0) is 16.9. The molecule has 1 aromatic carbocycles. The highest BCUT2D eigenvalue weighted by Crippen LogP contribution is 2.23. The highest BCUT2D eigenvalue weighted by atomic mass is 32.2. The Morgan fingerprint density at radius 3 is 2.35 bits per heavy atom. The largest absolute Gasteiger partial charge is 0.354 e. The maximum absolute atomic E-state index is 12.7. The van der Waals surface area contributed by atoms with Gasteiger partial charge in [-0.05, 0) is 17.9 Å². The van der Waals surface area contributed by atoms with E-state index in [2.05, 4.69) is 19.2 Å². The SMILES string of the molecule is CC(C)CCNC(=O)[C@@H](c1ccccc1)N1CCS(=O)(=O)CC1. The standard InChI is InChI=1S/C17H26N2O3S/c1-14(2)8-9-18-17(20)16(15-6-4-3-5-7-15)19-10-12-23(21,22)13-11-19/h3-7,14,16H,8-13H2,1-2H3,(H,18,20)/t16-/m1/s1. The number of carbonyl (C=O) groups excluding carboxylic acids is 1. The van der Waals surface area contributed by atoms with Crippen LogP contribution in [0.1, 0.15) is 31.9 Å². The van der Waals surface area contributed by atoms with Crippen LogP contribution in [0, 0.1) is 5.92 Å². The van der Waals surface area contributed by atoms with E-state index < -0.39 is 15.9 Å². The molecular formula is C17H26N2O3S. The molecule has 1 aromatic rings. The van der Waals surface area contributed by atoms with E-state index in [9.17, 15) is 13.2 Å². The van der Waals surface area contributed by atoms with Gasteiger partial charge in [-0.1, -0.05) is 44.2 Å². The fraction of sp³-hybridized carbons (Fsp3) is 0.588. The van der Waals surface area contributed by atoms with Crippen LogP contribution in [0.4, 0.5) is 0 Å². The van der Waals surface area contributed by atoms with E-state index in [1.54, 1.807) is 0 Å². The zero-order valence-corrected chi connectivity index (χ0v) is 14.7. The number of nitrogens with zero attached hydrogens (tertiary/aromatic N) is 1. The van der Waals surface area contributed by atoms with Gasteiger partial charge in [-0.2, -0.15) is 0 Å². The Balaban J connectivity index is 2.11. The number of rotatable bonds is 6. The van der Waals surface area contributed by atoms with E-state index in [1.807, 2.05) is 35.2 Å². The van der Waals surface area contributed by atoms with Gasteiger partial charge in [0.15, 0.2) is 9.84 Å². The fourth-order valence-electron chi connectivity index (χ4n) is 2.73. The van der Waals surface area contributed by atoms with Crippen molar-refractivity contribution in [3.63, 3.8) is 0 Å². The van der Waals surface area contributed by atoms with Crippen molar-refractivity contribution < 1.29 is 13.2 Å². The van der Waals surface area contributed by atoms with E-state index in [-0.39, 0.29) is 17.4 Å². The van der Waals surface area contributed by atoms with Gasteiger partial charge in [-0.15, -0.1) is 0 Å². The highest BCUT2D eigenvalue weighted by molar-refractivity contribution is 7.91. The Hall–Kier alpha value is -1.40. The molecule has 6 heteroatoms. The Morgan fingerprint density at radius 1 is 1.17 bits per heavy atom. The number of carbonyl (C=O) groups is 1. The van der Waals surface area contributed by atoms with Crippen LogP contribution in [-0.2, 0) is 14.6 Å². The maximum atomic E-state index is 12.7. The van der Waals surface area contributed by atoms with E-state index in [4.69, 9.17) is 0 Å². The molecule has 2 rings (SSSR count). The van der Waals surface area contributed by atoms with Gasteiger partial charge in [0.05, 0.1) is 11.5 Å². The van der Waals surface area contributed by atoms with E-state index >= 15 is 0 Å². The second-order valence-corrected chi connectivity index (χ2v) is 8.78. The first kappa shape index (κ1) is 17.9. The summed E-state index contributed by atoms with van der Waals surface area (Å²) in [6.45, 7) is 5.69. The lowest BCUT2D eigenvalue weighted by molar-refractivity contribution is -0.126. The molecule has 1 N–H and O–H groups in total. The van der Waals surface area contributed by atoms with Crippen molar-refractivity contribution in [3.05, 3.63) is 35.9 Å². The molecule has 1 atom stereocenters. The Kier molecular flexibility index (Phi) is 6.18. The quantitative estimate of drug-likeness (QED) is 0.856. The predicted octanol–water partition coefficient (Wildman–Crippen LogP) is 1.62. The molecule has 0 radical (unpaired) electrons. The number of amides is 1. The van der Waals surface area contributed by atoms with Crippen LogP contribution in [0.2, 0.25) is 0 Å². The normalized spacial score (nSPS) is 19.4. The molecule has 23 heavy (non-hydrogen) atoms. The van der Waals surface area contributed by atoms with Crippen LogP contribution in [-0.4, -0.2) is 50.4 Å². The molecular weight excluding hydrogens is 312 g/mol. The van der Waals surface area contributed by atoms with Crippen LogP contribution in [0.25, 0.3) is 0 Å². The van der Waals surface area contributed by atoms with Crippen molar-refractivity contribution in [3.8, 4) is 0 Å². The highest BCUT2D eigenvalue weighted by Gasteiger charge is 2.32. The number of sulfone groups is 1. The monoisotopic (exact) mass is 338 g/mol. The molecule has 5 nitrogen and oxygen atoms in total. The van der Waals surface area contributed by atoms with Gasteiger partial charge >= 0.3 is 0 Å². The lowest BCUT2D eigenvalue weighted by Gasteiger charge is -2.33. The van der Waals surface area contributed by atoms with Gasteiger partial charge in [0.2, 0.25) is 5.91 Å². The molecule has 0 unspecified atom stereocenters. The molecule has 1 saturated heterocycles. The molecule has 0 spiro atoms. The third-order valence-corrected chi connectivity index (χ3v) is 5.74. The number of hydrogen-bond acceptors (Lipinski definition) is 4. The van der Waals surface area contributed by atoms with Crippen LogP contribution in [0.15, 0.2) is 30.3 Å². The van der Waals surface area contributed by atoms with Crippen LogP contribution >= 0.6 is 0 Å². The lowest BCUT2D eigenvalue weighted by atomic mass is 10.0. The van der Waals surface area contributed by atoms with Gasteiger partial charge in [0.25, 0.3) is 0 Å². The Labute approximate surface area is 139 Å². The molecule has 1 amide bonds. The minimum absolute atomic E-state index is 0.0452. The van der Waals surface area contributed by atoms with Gasteiger partial charge in [0, 0.05) is 19.6 Å². The maximum Gasteiger partial charge on any atom is 0.241 e. The van der Waals surface area contributed by atoms with Crippen molar-refractivity contribution in [2.75, 3.05) is 31.1 Å². The molecule has 1 fully saturated rings. The van der Waals surface area contributed by atoms with Crippen LogP contribution in [0.3, 0.4) is 0 Å². The number of nitrogens with one attached hydrogen (secondary N) is 1.